The van der Waals surface area contributed by atoms with Crippen LogP contribution < -0.4 is 11.1 Å². The number of nitrogen functional groups attached to an aromatic ring is 1. The molecule has 0 aliphatic carbocycles. The molecule has 1 aromatic heterocycles. The van der Waals surface area contributed by atoms with E-state index < -0.39 is 0 Å². The Hall–Kier alpha value is -2.09. The van der Waals surface area contributed by atoms with Crippen LogP contribution in [-0.2, 0) is 16.1 Å². The number of piperazine rings is 1. The summed E-state index contributed by atoms with van der Waals surface area (Å²) in [6.07, 6.45) is 3.16. The first-order chi connectivity index (χ1) is 9.58. The van der Waals surface area contributed by atoms with E-state index in [2.05, 4.69) is 10.4 Å². The van der Waals surface area contributed by atoms with Gasteiger partial charge in [-0.05, 0) is 0 Å². The third-order valence-electron chi connectivity index (χ3n) is 3.32. The lowest BCUT2D eigenvalue weighted by Crippen LogP contribution is -2.51. The van der Waals surface area contributed by atoms with Crippen molar-refractivity contribution in [3.63, 3.8) is 0 Å². The van der Waals surface area contributed by atoms with E-state index in [-0.39, 0.29) is 18.4 Å². The second kappa shape index (κ2) is 6.38. The second-order valence-electron chi connectivity index (χ2n) is 4.80. The average Bonchev–Trinajstić information content (AvgIpc) is 2.84. The second-order valence-corrected chi connectivity index (χ2v) is 4.80. The maximum Gasteiger partial charge on any atom is 0.244 e. The Morgan fingerprint density at radius 2 is 2.00 bits per heavy atom. The minimum Gasteiger partial charge on any atom is -0.396 e. The van der Waals surface area contributed by atoms with E-state index in [9.17, 15) is 9.59 Å². The number of anilines is 1. The zero-order chi connectivity index (χ0) is 14.5. The Kier molecular flexibility index (Phi) is 4.57. The maximum absolute atomic E-state index is 12.1. The van der Waals surface area contributed by atoms with Crippen LogP contribution in [0.25, 0.3) is 0 Å². The molecule has 20 heavy (non-hydrogen) atoms. The van der Waals surface area contributed by atoms with Gasteiger partial charge in [-0.1, -0.05) is 0 Å². The predicted octanol–water partition coefficient (Wildman–Crippen LogP) is -1.64. The highest BCUT2D eigenvalue weighted by Crippen LogP contribution is 2.04. The Morgan fingerprint density at radius 3 is 2.55 bits per heavy atom. The van der Waals surface area contributed by atoms with Crippen molar-refractivity contribution in [1.29, 1.82) is 0 Å². The molecule has 0 radical (unpaired) electrons. The van der Waals surface area contributed by atoms with Gasteiger partial charge in [-0.25, -0.2) is 0 Å². The van der Waals surface area contributed by atoms with Crippen LogP contribution in [-0.4, -0.2) is 71.2 Å². The molecule has 1 saturated heterocycles. The van der Waals surface area contributed by atoms with Crippen LogP contribution in [0.1, 0.15) is 0 Å². The number of hydrogen-bond acceptors (Lipinski definition) is 5. The Bertz CT molecular complexity index is 478. The number of carbonyl (C=O) groups is 2. The van der Waals surface area contributed by atoms with Gasteiger partial charge in [0.05, 0.1) is 18.4 Å². The molecule has 0 bridgehead atoms. The summed E-state index contributed by atoms with van der Waals surface area (Å²) in [7, 11) is 1.62. The fourth-order valence-electron chi connectivity index (χ4n) is 2.14. The van der Waals surface area contributed by atoms with Crippen molar-refractivity contribution in [3.05, 3.63) is 12.4 Å². The van der Waals surface area contributed by atoms with Gasteiger partial charge >= 0.3 is 0 Å². The molecular weight excluding hydrogens is 260 g/mol. The molecule has 8 nitrogen and oxygen atoms in total. The molecule has 0 unspecified atom stereocenters. The molecule has 2 heterocycles. The van der Waals surface area contributed by atoms with Crippen molar-refractivity contribution in [2.24, 2.45) is 0 Å². The average molecular weight is 280 g/mol. The normalized spacial score (nSPS) is 16.1. The van der Waals surface area contributed by atoms with Crippen molar-refractivity contribution in [3.8, 4) is 0 Å². The van der Waals surface area contributed by atoms with Crippen LogP contribution in [0.3, 0.4) is 0 Å². The van der Waals surface area contributed by atoms with Gasteiger partial charge in [0.15, 0.2) is 0 Å². The quantitative estimate of drug-likeness (QED) is 0.689. The summed E-state index contributed by atoms with van der Waals surface area (Å²) in [4.78, 5) is 27.2. The Labute approximate surface area is 117 Å². The molecule has 0 aromatic carbocycles. The number of nitrogens with two attached hydrogens (primary N) is 1. The number of rotatable bonds is 4. The van der Waals surface area contributed by atoms with E-state index in [1.807, 2.05) is 4.90 Å². The summed E-state index contributed by atoms with van der Waals surface area (Å²) in [5.74, 6) is 0.0180. The molecule has 2 rings (SSSR count). The van der Waals surface area contributed by atoms with Crippen molar-refractivity contribution < 1.29 is 9.59 Å². The van der Waals surface area contributed by atoms with Gasteiger partial charge in [0.25, 0.3) is 0 Å². The van der Waals surface area contributed by atoms with Gasteiger partial charge in [-0.3, -0.25) is 19.2 Å². The molecule has 3 N–H and O–H groups in total. The van der Waals surface area contributed by atoms with Crippen LogP contribution in [0.2, 0.25) is 0 Å². The van der Waals surface area contributed by atoms with Crippen LogP contribution in [0.15, 0.2) is 12.4 Å². The monoisotopic (exact) mass is 280 g/mol. The third kappa shape index (κ3) is 3.70. The first-order valence-electron chi connectivity index (χ1n) is 6.57. The van der Waals surface area contributed by atoms with Gasteiger partial charge < -0.3 is 16.0 Å². The van der Waals surface area contributed by atoms with E-state index in [4.69, 9.17) is 5.73 Å². The minimum atomic E-state index is -0.00297. The lowest BCUT2D eigenvalue weighted by Gasteiger charge is -2.34. The maximum atomic E-state index is 12.1. The zero-order valence-corrected chi connectivity index (χ0v) is 11.6. The fourth-order valence-corrected chi connectivity index (χ4v) is 2.14. The highest BCUT2D eigenvalue weighted by atomic mass is 16.2. The van der Waals surface area contributed by atoms with Gasteiger partial charge in [0.2, 0.25) is 11.8 Å². The van der Waals surface area contributed by atoms with E-state index in [0.717, 1.165) is 0 Å². The molecule has 0 saturated carbocycles. The molecule has 1 aliphatic rings. The van der Waals surface area contributed by atoms with Crippen molar-refractivity contribution in [1.82, 2.24) is 24.9 Å². The summed E-state index contributed by atoms with van der Waals surface area (Å²) >= 11 is 0. The molecule has 0 spiro atoms. The van der Waals surface area contributed by atoms with Crippen LogP contribution >= 0.6 is 0 Å². The first-order valence-corrected chi connectivity index (χ1v) is 6.57. The van der Waals surface area contributed by atoms with Crippen LogP contribution in [0.4, 0.5) is 5.69 Å². The first kappa shape index (κ1) is 14.3. The molecule has 1 aromatic rings. The van der Waals surface area contributed by atoms with Gasteiger partial charge in [-0.2, -0.15) is 5.10 Å². The van der Waals surface area contributed by atoms with Crippen molar-refractivity contribution in [2.45, 2.75) is 6.54 Å². The predicted molar refractivity (Wildman–Crippen MR) is 73.7 cm³/mol. The number of nitrogens with zero attached hydrogens (tertiary/aromatic N) is 4. The molecule has 8 heteroatoms. The summed E-state index contributed by atoms with van der Waals surface area (Å²) in [5.41, 5.74) is 6.11. The van der Waals surface area contributed by atoms with E-state index in [0.29, 0.717) is 38.4 Å². The summed E-state index contributed by atoms with van der Waals surface area (Å²) < 4.78 is 1.54. The zero-order valence-electron chi connectivity index (χ0n) is 11.6. The highest BCUT2D eigenvalue weighted by Gasteiger charge is 2.22. The summed E-state index contributed by atoms with van der Waals surface area (Å²) in [5, 5.41) is 6.59. The Morgan fingerprint density at radius 1 is 1.30 bits per heavy atom. The summed E-state index contributed by atoms with van der Waals surface area (Å²) in [6, 6.07) is 0. The molecule has 1 aliphatic heterocycles. The molecule has 110 valence electrons. The summed E-state index contributed by atoms with van der Waals surface area (Å²) in [6.45, 7) is 3.26. The SMILES string of the molecule is CNC(=O)CN1CCN(C(=O)Cn2cc(N)cn2)CC1. The standard InChI is InChI=1S/C12H20N6O2/c1-14-11(19)8-16-2-4-17(5-3-16)12(20)9-18-7-10(13)6-15-18/h6-7H,2-5,8-9,13H2,1H3,(H,14,19). The molecule has 0 atom stereocenters. The van der Waals surface area contributed by atoms with Crippen molar-refractivity contribution >= 4 is 17.5 Å². The number of nitrogens with one attached hydrogen (secondary N) is 1. The van der Waals surface area contributed by atoms with Crippen LogP contribution in [0.5, 0.6) is 0 Å². The van der Waals surface area contributed by atoms with E-state index in [1.54, 1.807) is 18.1 Å². The lowest BCUT2D eigenvalue weighted by molar-refractivity contribution is -0.134. The number of amides is 2. The van der Waals surface area contributed by atoms with Crippen LogP contribution in [0, 0.1) is 0 Å². The Balaban J connectivity index is 1.78. The fraction of sp³-hybridized carbons (Fsp3) is 0.583. The van der Waals surface area contributed by atoms with Gasteiger partial charge in [-0.15, -0.1) is 0 Å². The lowest BCUT2D eigenvalue weighted by atomic mass is 10.3. The number of hydrogen-bond donors (Lipinski definition) is 2. The smallest absolute Gasteiger partial charge is 0.244 e. The van der Waals surface area contributed by atoms with E-state index in [1.165, 1.54) is 10.9 Å². The number of aromatic nitrogens is 2. The number of likely N-dealkylation sites (N-methyl/N-ethyl adjacent to an activating group) is 1. The molecule has 1 fully saturated rings. The van der Waals surface area contributed by atoms with Gasteiger partial charge in [0.1, 0.15) is 6.54 Å². The van der Waals surface area contributed by atoms with Gasteiger partial charge in [0, 0.05) is 39.4 Å². The largest absolute Gasteiger partial charge is 0.396 e. The number of carbonyl (C=O) groups excluding carboxylic acids is 2. The third-order valence-corrected chi connectivity index (χ3v) is 3.32. The minimum absolute atomic E-state index is 0.00297. The molecular formula is C12H20N6O2. The topological polar surface area (TPSA) is 96.5 Å². The molecule has 2 amide bonds. The highest BCUT2D eigenvalue weighted by molar-refractivity contribution is 5.78. The van der Waals surface area contributed by atoms with Crippen molar-refractivity contribution in [2.75, 3.05) is 45.5 Å². The van der Waals surface area contributed by atoms with E-state index >= 15 is 0 Å².